The Bertz CT molecular complexity index is 857. The van der Waals surface area contributed by atoms with Gasteiger partial charge in [0.25, 0.3) is 0 Å². The van der Waals surface area contributed by atoms with Crippen LogP contribution < -0.4 is 15.5 Å². The van der Waals surface area contributed by atoms with E-state index >= 15 is 0 Å². The third-order valence-corrected chi connectivity index (χ3v) is 5.37. The predicted molar refractivity (Wildman–Crippen MR) is 109 cm³/mol. The van der Waals surface area contributed by atoms with Crippen molar-refractivity contribution in [1.82, 2.24) is 10.7 Å². The number of allylic oxidation sites excluding steroid dienone is 2. The molecule has 0 fully saturated rings. The molecule has 148 valence electrons. The highest BCUT2D eigenvalue weighted by molar-refractivity contribution is 6.08. The number of hydrogen-bond acceptors (Lipinski definition) is 6. The Hall–Kier alpha value is -2.83. The molecular formula is C21H26N4O3. The number of carbonyl (C=O) groups is 1. The van der Waals surface area contributed by atoms with E-state index in [1.54, 1.807) is 0 Å². The van der Waals surface area contributed by atoms with Crippen LogP contribution in [0.1, 0.15) is 49.7 Å². The standard InChI is InChI=1S/C21H26N4O3/c26-20(27)5-2-12-28-15-7-8-16-14(13-15)6-9-19(18-4-1-3-17(16)18)24-25-21-22-10-11-23-21/h7-8,13H,1-6,9-12H2,(H,26,27)(H2,22,23,25). The molecule has 0 atom stereocenters. The van der Waals surface area contributed by atoms with Crippen molar-refractivity contribution >= 4 is 23.2 Å². The number of hydrazone groups is 1. The maximum absolute atomic E-state index is 10.6. The topological polar surface area (TPSA) is 95.3 Å². The number of nitrogens with zero attached hydrogens (tertiary/aromatic N) is 2. The normalized spacial score (nSPS) is 19.6. The zero-order valence-corrected chi connectivity index (χ0v) is 16.0. The lowest BCUT2D eigenvalue weighted by atomic mass is 9.97. The first-order chi connectivity index (χ1) is 13.7. The van der Waals surface area contributed by atoms with Crippen molar-refractivity contribution in [2.24, 2.45) is 10.1 Å². The fourth-order valence-electron chi connectivity index (χ4n) is 4.05. The minimum Gasteiger partial charge on any atom is -0.494 e. The number of carboxylic acids is 1. The molecule has 28 heavy (non-hydrogen) atoms. The van der Waals surface area contributed by atoms with E-state index in [2.05, 4.69) is 33.0 Å². The van der Waals surface area contributed by atoms with Gasteiger partial charge in [-0.1, -0.05) is 6.07 Å². The van der Waals surface area contributed by atoms with Crippen LogP contribution in [-0.2, 0) is 11.2 Å². The average molecular weight is 382 g/mol. The first-order valence-corrected chi connectivity index (χ1v) is 10.0. The second kappa shape index (κ2) is 8.46. The molecule has 1 aliphatic heterocycles. The molecule has 0 aromatic heterocycles. The Morgan fingerprint density at radius 2 is 2.14 bits per heavy atom. The third kappa shape index (κ3) is 4.18. The van der Waals surface area contributed by atoms with Crippen LogP contribution in [0.15, 0.2) is 33.9 Å². The van der Waals surface area contributed by atoms with Gasteiger partial charge < -0.3 is 15.2 Å². The van der Waals surface area contributed by atoms with Crippen molar-refractivity contribution in [3.05, 3.63) is 34.9 Å². The van der Waals surface area contributed by atoms with Crippen LogP contribution in [-0.4, -0.2) is 42.4 Å². The maximum Gasteiger partial charge on any atom is 0.303 e. The molecule has 0 amide bonds. The summed E-state index contributed by atoms with van der Waals surface area (Å²) in [6.45, 7) is 2.08. The molecule has 3 N–H and O–H groups in total. The first kappa shape index (κ1) is 18.5. The molecule has 1 heterocycles. The zero-order chi connectivity index (χ0) is 19.3. The second-order valence-electron chi connectivity index (χ2n) is 7.30. The highest BCUT2D eigenvalue weighted by Gasteiger charge is 2.26. The van der Waals surface area contributed by atoms with Crippen molar-refractivity contribution in [2.75, 3.05) is 19.7 Å². The van der Waals surface area contributed by atoms with Gasteiger partial charge in [0.2, 0.25) is 5.96 Å². The van der Waals surface area contributed by atoms with Gasteiger partial charge in [-0.3, -0.25) is 4.79 Å². The van der Waals surface area contributed by atoms with Crippen LogP contribution in [0.25, 0.3) is 5.57 Å². The van der Waals surface area contributed by atoms with E-state index in [0.717, 1.165) is 62.6 Å². The molecule has 0 bridgehead atoms. The number of nitrogens with one attached hydrogen (secondary N) is 2. The van der Waals surface area contributed by atoms with Crippen LogP contribution in [0.5, 0.6) is 5.75 Å². The summed E-state index contributed by atoms with van der Waals surface area (Å²) in [5.41, 5.74) is 9.60. The van der Waals surface area contributed by atoms with E-state index in [9.17, 15) is 4.79 Å². The molecule has 0 spiro atoms. The Balaban J connectivity index is 1.50. The van der Waals surface area contributed by atoms with Crippen LogP contribution in [0, 0.1) is 0 Å². The van der Waals surface area contributed by atoms with Crippen LogP contribution in [0.4, 0.5) is 0 Å². The van der Waals surface area contributed by atoms with Gasteiger partial charge >= 0.3 is 5.97 Å². The van der Waals surface area contributed by atoms with Gasteiger partial charge in [-0.25, -0.2) is 10.4 Å². The lowest BCUT2D eigenvalue weighted by molar-refractivity contribution is -0.137. The smallest absolute Gasteiger partial charge is 0.303 e. The number of rotatable bonds is 6. The zero-order valence-electron chi connectivity index (χ0n) is 16.0. The third-order valence-electron chi connectivity index (χ3n) is 5.37. The molecule has 0 unspecified atom stereocenters. The van der Waals surface area contributed by atoms with Crippen molar-refractivity contribution < 1.29 is 14.6 Å². The van der Waals surface area contributed by atoms with E-state index in [4.69, 9.17) is 9.84 Å². The summed E-state index contributed by atoms with van der Waals surface area (Å²) in [5.74, 6) is 0.782. The summed E-state index contributed by atoms with van der Waals surface area (Å²) < 4.78 is 5.77. The highest BCUT2D eigenvalue weighted by atomic mass is 16.5. The molecule has 0 saturated heterocycles. The van der Waals surface area contributed by atoms with E-state index in [0.29, 0.717) is 13.0 Å². The van der Waals surface area contributed by atoms with Crippen molar-refractivity contribution in [1.29, 1.82) is 0 Å². The van der Waals surface area contributed by atoms with E-state index in [-0.39, 0.29) is 6.42 Å². The number of ether oxygens (including phenoxy) is 1. The quantitative estimate of drug-likeness (QED) is 0.519. The molecule has 7 heteroatoms. The monoisotopic (exact) mass is 382 g/mol. The van der Waals surface area contributed by atoms with Crippen LogP contribution in [0.2, 0.25) is 0 Å². The van der Waals surface area contributed by atoms with Crippen LogP contribution >= 0.6 is 0 Å². The molecule has 3 aliphatic rings. The van der Waals surface area contributed by atoms with Gasteiger partial charge in [0.05, 0.1) is 18.9 Å². The number of benzene rings is 1. The van der Waals surface area contributed by atoms with Gasteiger partial charge in [-0.05, 0) is 72.9 Å². The van der Waals surface area contributed by atoms with Crippen molar-refractivity contribution in [3.8, 4) is 5.75 Å². The lowest BCUT2D eigenvalue weighted by Gasteiger charge is -2.12. The number of aliphatic imine (C=N–C) groups is 1. The average Bonchev–Trinajstić information content (AvgIpc) is 3.35. The number of hydrogen-bond donors (Lipinski definition) is 3. The second-order valence-corrected chi connectivity index (χ2v) is 7.30. The Morgan fingerprint density at radius 1 is 1.25 bits per heavy atom. The molecule has 7 nitrogen and oxygen atoms in total. The van der Waals surface area contributed by atoms with Gasteiger partial charge in [0.1, 0.15) is 5.75 Å². The molecule has 0 saturated carbocycles. The summed E-state index contributed by atoms with van der Waals surface area (Å²) in [7, 11) is 0. The van der Waals surface area contributed by atoms with Gasteiger partial charge in [0, 0.05) is 13.0 Å². The molecule has 1 aromatic rings. The van der Waals surface area contributed by atoms with Crippen molar-refractivity contribution in [3.63, 3.8) is 0 Å². The van der Waals surface area contributed by atoms with Crippen LogP contribution in [0.3, 0.4) is 0 Å². The summed E-state index contributed by atoms with van der Waals surface area (Å²) in [6.07, 6.45) is 5.76. The fourth-order valence-corrected chi connectivity index (χ4v) is 4.05. The van der Waals surface area contributed by atoms with E-state index < -0.39 is 5.97 Å². The summed E-state index contributed by atoms with van der Waals surface area (Å²) >= 11 is 0. The minimum atomic E-state index is -0.787. The van der Waals surface area contributed by atoms with Crippen molar-refractivity contribution in [2.45, 2.75) is 44.9 Å². The SMILES string of the molecule is O=C(O)CCCOc1ccc2c(c1)CCC(=NNC1=NCCN1)C1=C2CCC1. The van der Waals surface area contributed by atoms with Gasteiger partial charge in [0.15, 0.2) is 0 Å². The number of aliphatic carboxylic acids is 1. The maximum atomic E-state index is 10.6. The first-order valence-electron chi connectivity index (χ1n) is 10.0. The number of aryl methyl sites for hydroxylation is 1. The predicted octanol–water partition coefficient (Wildman–Crippen LogP) is 2.72. The van der Waals surface area contributed by atoms with Gasteiger partial charge in [-0.2, -0.15) is 5.10 Å². The summed E-state index contributed by atoms with van der Waals surface area (Å²) in [5, 5.41) is 16.6. The number of carboxylic acid groups (broad SMARTS) is 1. The molecule has 4 rings (SSSR count). The molecular weight excluding hydrogens is 356 g/mol. The number of fused-ring (bicyclic) bond motifs is 2. The largest absolute Gasteiger partial charge is 0.494 e. The fraction of sp³-hybridized carbons (Fsp3) is 0.476. The molecule has 2 aliphatic carbocycles. The Morgan fingerprint density at radius 3 is 2.96 bits per heavy atom. The lowest BCUT2D eigenvalue weighted by Crippen LogP contribution is -2.31. The summed E-state index contributed by atoms with van der Waals surface area (Å²) in [6, 6.07) is 6.26. The van der Waals surface area contributed by atoms with E-state index in [1.165, 1.54) is 22.3 Å². The van der Waals surface area contributed by atoms with Gasteiger partial charge in [-0.15, -0.1) is 0 Å². The highest BCUT2D eigenvalue weighted by Crippen LogP contribution is 2.40. The Labute approximate surface area is 164 Å². The molecule has 1 aromatic carbocycles. The molecule has 0 radical (unpaired) electrons. The Kier molecular flexibility index (Phi) is 5.60. The summed E-state index contributed by atoms with van der Waals surface area (Å²) in [4.78, 5) is 15.0. The minimum absolute atomic E-state index is 0.133. The number of guanidine groups is 1. The van der Waals surface area contributed by atoms with E-state index in [1.807, 2.05) is 6.07 Å².